The first-order chi connectivity index (χ1) is 5.27. The molecule has 0 bridgehead atoms. The fourth-order valence-corrected chi connectivity index (χ4v) is 2.16. The summed E-state index contributed by atoms with van der Waals surface area (Å²) in [5.74, 6) is -0.0692. The summed E-state index contributed by atoms with van der Waals surface area (Å²) in [5, 5.41) is 2.50. The van der Waals surface area contributed by atoms with E-state index >= 15 is 0 Å². The molecule has 1 atom stereocenters. The molecule has 0 radical (unpaired) electrons. The van der Waals surface area contributed by atoms with E-state index in [-0.39, 0.29) is 18.5 Å². The van der Waals surface area contributed by atoms with Crippen LogP contribution in [0.2, 0.25) is 0 Å². The van der Waals surface area contributed by atoms with E-state index in [4.69, 9.17) is 0 Å². The molecule has 1 saturated heterocycles. The molecule has 2 rings (SSSR count). The van der Waals surface area contributed by atoms with Gasteiger partial charge in [0, 0.05) is 0 Å². The van der Waals surface area contributed by atoms with Crippen molar-refractivity contribution >= 4 is 20.7 Å². The standard InChI is InChI=1S/C6H9N2O2P/c9-5-3-7-6(10)8(5)11-4-1-2-4/h4,11H,1-3H2,(H,7,10). The van der Waals surface area contributed by atoms with Crippen LogP contribution in [-0.2, 0) is 4.79 Å². The lowest BCUT2D eigenvalue weighted by molar-refractivity contribution is -0.121. The van der Waals surface area contributed by atoms with Crippen LogP contribution in [0.5, 0.6) is 0 Å². The molecule has 60 valence electrons. The second-order valence-corrected chi connectivity index (χ2v) is 4.31. The Hall–Kier alpha value is -0.630. The van der Waals surface area contributed by atoms with Crippen molar-refractivity contribution in [3.8, 4) is 0 Å². The summed E-state index contributed by atoms with van der Waals surface area (Å²) in [7, 11) is 0.386. The molecular weight excluding hydrogens is 163 g/mol. The summed E-state index contributed by atoms with van der Waals surface area (Å²) in [6.45, 7) is 0.193. The number of hydrogen-bond donors (Lipinski definition) is 1. The SMILES string of the molecule is O=C1CNC(=O)N1PC1CC1. The van der Waals surface area contributed by atoms with Crippen LogP contribution in [0.3, 0.4) is 0 Å². The topological polar surface area (TPSA) is 49.4 Å². The molecular formula is C6H9N2O2P. The Kier molecular flexibility index (Phi) is 1.57. The molecule has 0 aromatic heterocycles. The normalized spacial score (nSPS) is 25.3. The van der Waals surface area contributed by atoms with Gasteiger partial charge in [-0.1, -0.05) is 0 Å². The van der Waals surface area contributed by atoms with Crippen LogP contribution < -0.4 is 5.32 Å². The van der Waals surface area contributed by atoms with Crippen LogP contribution in [-0.4, -0.2) is 28.8 Å². The second kappa shape index (κ2) is 2.45. The van der Waals surface area contributed by atoms with Gasteiger partial charge >= 0.3 is 6.03 Å². The zero-order valence-corrected chi connectivity index (χ0v) is 6.96. The highest BCUT2D eigenvalue weighted by Gasteiger charge is 2.34. The maximum Gasteiger partial charge on any atom is 0.327 e. The van der Waals surface area contributed by atoms with Crippen molar-refractivity contribution in [2.75, 3.05) is 6.54 Å². The minimum absolute atomic E-state index is 0.0692. The Morgan fingerprint density at radius 3 is 2.64 bits per heavy atom. The molecule has 2 aliphatic rings. The van der Waals surface area contributed by atoms with Crippen molar-refractivity contribution < 1.29 is 9.59 Å². The number of rotatable bonds is 2. The Balaban J connectivity index is 1.97. The predicted octanol–water partition coefficient (Wildman–Crippen LogP) is 0.294. The largest absolute Gasteiger partial charge is 0.328 e. The highest BCUT2D eigenvalue weighted by molar-refractivity contribution is 7.38. The minimum atomic E-state index is -0.208. The number of carbonyl (C=O) groups excluding carboxylic acids is 2. The van der Waals surface area contributed by atoms with E-state index in [0.29, 0.717) is 14.4 Å². The summed E-state index contributed by atoms with van der Waals surface area (Å²) in [6, 6.07) is -0.208. The van der Waals surface area contributed by atoms with Crippen LogP contribution >= 0.6 is 8.73 Å². The Morgan fingerprint density at radius 2 is 2.18 bits per heavy atom. The average molecular weight is 172 g/mol. The number of imide groups is 1. The fraction of sp³-hybridized carbons (Fsp3) is 0.667. The van der Waals surface area contributed by atoms with E-state index in [1.54, 1.807) is 0 Å². The highest BCUT2D eigenvalue weighted by Crippen LogP contribution is 2.42. The van der Waals surface area contributed by atoms with Crippen molar-refractivity contribution in [3.63, 3.8) is 0 Å². The van der Waals surface area contributed by atoms with Gasteiger partial charge in [-0.05, 0) is 27.2 Å². The van der Waals surface area contributed by atoms with E-state index < -0.39 is 0 Å². The summed E-state index contributed by atoms with van der Waals surface area (Å²) < 4.78 is 1.34. The van der Waals surface area contributed by atoms with Crippen LogP contribution in [0.15, 0.2) is 0 Å². The molecule has 3 amide bonds. The van der Waals surface area contributed by atoms with Crippen molar-refractivity contribution in [2.24, 2.45) is 0 Å². The zero-order chi connectivity index (χ0) is 7.84. The van der Waals surface area contributed by atoms with E-state index in [1.807, 2.05) is 0 Å². The third-order valence-corrected chi connectivity index (χ3v) is 3.39. The summed E-state index contributed by atoms with van der Waals surface area (Å²) in [4.78, 5) is 21.9. The van der Waals surface area contributed by atoms with Gasteiger partial charge in [0.2, 0.25) is 0 Å². The van der Waals surface area contributed by atoms with Gasteiger partial charge in [-0.25, -0.2) is 9.46 Å². The molecule has 0 aromatic rings. The van der Waals surface area contributed by atoms with Crippen molar-refractivity contribution in [3.05, 3.63) is 0 Å². The smallest absolute Gasteiger partial charge is 0.327 e. The molecule has 0 spiro atoms. The van der Waals surface area contributed by atoms with Gasteiger partial charge in [0.15, 0.2) is 0 Å². The quantitative estimate of drug-likeness (QED) is 0.481. The Labute approximate surface area is 66.2 Å². The zero-order valence-electron chi connectivity index (χ0n) is 5.96. The maximum atomic E-state index is 11.0. The first-order valence-electron chi connectivity index (χ1n) is 3.64. The molecule has 1 N–H and O–H groups in total. The summed E-state index contributed by atoms with van der Waals surface area (Å²) in [6.07, 6.45) is 2.35. The Morgan fingerprint density at radius 1 is 1.45 bits per heavy atom. The van der Waals surface area contributed by atoms with Gasteiger partial charge in [-0.3, -0.25) is 4.79 Å². The number of nitrogens with zero attached hydrogens (tertiary/aromatic N) is 1. The maximum absolute atomic E-state index is 11.0. The first-order valence-corrected chi connectivity index (χ1v) is 4.67. The number of carbonyl (C=O) groups is 2. The van der Waals surface area contributed by atoms with Gasteiger partial charge in [-0.2, -0.15) is 0 Å². The number of urea groups is 1. The number of nitrogens with one attached hydrogen (secondary N) is 1. The molecule has 4 nitrogen and oxygen atoms in total. The molecule has 5 heteroatoms. The van der Waals surface area contributed by atoms with E-state index in [1.165, 1.54) is 17.5 Å². The lowest BCUT2D eigenvalue weighted by atomic mass is 10.7. The molecule has 11 heavy (non-hydrogen) atoms. The Bertz CT molecular complexity index is 199. The summed E-state index contributed by atoms with van der Waals surface area (Å²) in [5.41, 5.74) is 0.614. The van der Waals surface area contributed by atoms with E-state index in [9.17, 15) is 9.59 Å². The monoisotopic (exact) mass is 172 g/mol. The third-order valence-electron chi connectivity index (χ3n) is 1.73. The van der Waals surface area contributed by atoms with E-state index in [0.717, 1.165) is 0 Å². The molecule has 1 aliphatic carbocycles. The minimum Gasteiger partial charge on any atom is -0.328 e. The van der Waals surface area contributed by atoms with E-state index in [2.05, 4.69) is 5.32 Å². The van der Waals surface area contributed by atoms with Gasteiger partial charge in [0.25, 0.3) is 5.91 Å². The number of hydrogen-bond acceptors (Lipinski definition) is 2. The molecule has 0 aromatic carbocycles. The summed E-state index contributed by atoms with van der Waals surface area (Å²) >= 11 is 0. The molecule has 2 fully saturated rings. The highest BCUT2D eigenvalue weighted by atomic mass is 31.1. The van der Waals surface area contributed by atoms with Crippen LogP contribution in [0.4, 0.5) is 4.79 Å². The molecule has 1 heterocycles. The lowest BCUT2D eigenvalue weighted by Gasteiger charge is -2.09. The van der Waals surface area contributed by atoms with Crippen LogP contribution in [0.1, 0.15) is 12.8 Å². The third kappa shape index (κ3) is 1.36. The van der Waals surface area contributed by atoms with Crippen molar-refractivity contribution in [1.29, 1.82) is 0 Å². The predicted molar refractivity (Wildman–Crippen MR) is 41.6 cm³/mol. The fourth-order valence-electron chi connectivity index (χ4n) is 0.948. The average Bonchev–Trinajstić information content (AvgIpc) is 2.73. The lowest BCUT2D eigenvalue weighted by Crippen LogP contribution is -2.23. The first kappa shape index (κ1) is 7.04. The molecule has 1 unspecified atom stereocenters. The van der Waals surface area contributed by atoms with Crippen molar-refractivity contribution in [2.45, 2.75) is 18.5 Å². The van der Waals surface area contributed by atoms with Gasteiger partial charge < -0.3 is 5.32 Å². The van der Waals surface area contributed by atoms with Gasteiger partial charge in [0.05, 0.1) is 6.54 Å². The van der Waals surface area contributed by atoms with Crippen LogP contribution in [0, 0.1) is 0 Å². The van der Waals surface area contributed by atoms with Crippen molar-refractivity contribution in [1.82, 2.24) is 9.99 Å². The second-order valence-electron chi connectivity index (χ2n) is 2.79. The van der Waals surface area contributed by atoms with Gasteiger partial charge in [-0.15, -0.1) is 0 Å². The van der Waals surface area contributed by atoms with Crippen LogP contribution in [0.25, 0.3) is 0 Å². The molecule has 1 aliphatic heterocycles. The van der Waals surface area contributed by atoms with Gasteiger partial charge in [0.1, 0.15) is 0 Å². The number of amides is 3. The molecule has 1 saturated carbocycles.